The smallest absolute Gasteiger partial charge is 0.410 e. The highest BCUT2D eigenvalue weighted by atomic mass is 16.6. The number of carbonyl (C=O) groups excluding carboxylic acids is 3. The van der Waals surface area contributed by atoms with E-state index in [1.165, 1.54) is 0 Å². The van der Waals surface area contributed by atoms with Crippen LogP contribution in [-0.4, -0.2) is 76.2 Å². The average molecular weight is 533 g/mol. The van der Waals surface area contributed by atoms with E-state index in [2.05, 4.69) is 16.4 Å². The zero-order chi connectivity index (χ0) is 27.7. The van der Waals surface area contributed by atoms with Gasteiger partial charge in [0.25, 0.3) is 5.91 Å². The van der Waals surface area contributed by atoms with E-state index in [4.69, 9.17) is 9.47 Å². The second-order valence-corrected chi connectivity index (χ2v) is 11.4. The maximum Gasteiger partial charge on any atom is 0.410 e. The number of benzene rings is 2. The Kier molecular flexibility index (Phi) is 7.36. The van der Waals surface area contributed by atoms with Gasteiger partial charge in [-0.1, -0.05) is 35.9 Å². The molecule has 0 aliphatic carbocycles. The Labute approximate surface area is 228 Å². The van der Waals surface area contributed by atoms with Crippen molar-refractivity contribution in [1.82, 2.24) is 14.8 Å². The summed E-state index contributed by atoms with van der Waals surface area (Å²) in [7, 11) is 0. The molecule has 1 aromatic heterocycles. The number of anilines is 1. The van der Waals surface area contributed by atoms with Gasteiger partial charge >= 0.3 is 6.09 Å². The molecular weight excluding hydrogens is 496 g/mol. The summed E-state index contributed by atoms with van der Waals surface area (Å²) in [6, 6.07) is 15.2. The maximum absolute atomic E-state index is 13.7. The summed E-state index contributed by atoms with van der Waals surface area (Å²) in [6.07, 6.45) is 0.729. The van der Waals surface area contributed by atoms with Gasteiger partial charge in [-0.2, -0.15) is 0 Å². The van der Waals surface area contributed by atoms with E-state index in [9.17, 15) is 14.4 Å². The number of H-pyrrole nitrogens is 1. The fourth-order valence-electron chi connectivity index (χ4n) is 5.29. The SMILES string of the molecule is Cc1ccc(NC(=O)CC2OC3CN(C(=O)OC(C)(C)C)CC3N(CCc3c[nH]c4ccccc34)C2=O)cc1. The third-order valence-electron chi connectivity index (χ3n) is 7.19. The molecule has 0 radical (unpaired) electrons. The molecule has 2 fully saturated rings. The number of amides is 3. The van der Waals surface area contributed by atoms with E-state index >= 15 is 0 Å². The van der Waals surface area contributed by atoms with E-state index in [-0.39, 0.29) is 24.3 Å². The van der Waals surface area contributed by atoms with Gasteiger partial charge in [0, 0.05) is 35.9 Å². The molecule has 0 spiro atoms. The normalized spacial score (nSPS) is 21.2. The molecule has 3 aromatic rings. The summed E-state index contributed by atoms with van der Waals surface area (Å²) in [4.78, 5) is 46.1. The van der Waals surface area contributed by atoms with Crippen molar-refractivity contribution in [3.63, 3.8) is 0 Å². The van der Waals surface area contributed by atoms with Gasteiger partial charge in [0.2, 0.25) is 5.91 Å². The van der Waals surface area contributed by atoms with Crippen molar-refractivity contribution in [2.45, 2.75) is 64.4 Å². The minimum Gasteiger partial charge on any atom is -0.444 e. The number of nitrogens with one attached hydrogen (secondary N) is 2. The Bertz CT molecular complexity index is 1360. The number of carbonyl (C=O) groups is 3. The van der Waals surface area contributed by atoms with Crippen molar-refractivity contribution < 1.29 is 23.9 Å². The molecule has 206 valence electrons. The molecule has 0 bridgehead atoms. The van der Waals surface area contributed by atoms with Crippen LogP contribution in [0, 0.1) is 6.92 Å². The fourth-order valence-corrected chi connectivity index (χ4v) is 5.29. The lowest BCUT2D eigenvalue weighted by Crippen LogP contribution is -2.59. The Morgan fingerprint density at radius 1 is 1.10 bits per heavy atom. The van der Waals surface area contributed by atoms with Crippen LogP contribution in [0.2, 0.25) is 0 Å². The Balaban J connectivity index is 1.33. The molecule has 2 saturated heterocycles. The number of para-hydroxylation sites is 1. The van der Waals surface area contributed by atoms with E-state index in [1.807, 2.05) is 76.4 Å². The number of morpholine rings is 1. The molecule has 9 heteroatoms. The number of aryl methyl sites for hydroxylation is 1. The molecule has 3 atom stereocenters. The number of rotatable bonds is 6. The van der Waals surface area contributed by atoms with Crippen molar-refractivity contribution in [2.24, 2.45) is 0 Å². The highest BCUT2D eigenvalue weighted by molar-refractivity contribution is 5.95. The minimum atomic E-state index is -0.932. The number of fused-ring (bicyclic) bond motifs is 2. The number of hydrogen-bond donors (Lipinski definition) is 2. The van der Waals surface area contributed by atoms with Crippen LogP contribution in [0.15, 0.2) is 54.7 Å². The van der Waals surface area contributed by atoms with Gasteiger partial charge in [0.15, 0.2) is 0 Å². The summed E-state index contributed by atoms with van der Waals surface area (Å²) in [6.45, 7) is 8.51. The molecule has 2 N–H and O–H groups in total. The highest BCUT2D eigenvalue weighted by Crippen LogP contribution is 2.30. The fraction of sp³-hybridized carbons (Fsp3) is 0.433. The maximum atomic E-state index is 13.7. The molecule has 3 unspecified atom stereocenters. The van der Waals surface area contributed by atoms with E-state index in [1.54, 1.807) is 9.80 Å². The van der Waals surface area contributed by atoms with Crippen molar-refractivity contribution in [1.29, 1.82) is 0 Å². The minimum absolute atomic E-state index is 0.105. The average Bonchev–Trinajstić information content (AvgIpc) is 3.49. The van der Waals surface area contributed by atoms with Crippen molar-refractivity contribution in [3.05, 3.63) is 65.9 Å². The molecule has 2 aliphatic rings. The topological polar surface area (TPSA) is 104 Å². The van der Waals surface area contributed by atoms with Crippen LogP contribution in [0.5, 0.6) is 0 Å². The van der Waals surface area contributed by atoms with E-state index < -0.39 is 23.9 Å². The van der Waals surface area contributed by atoms with Gasteiger partial charge in [0.05, 0.1) is 25.1 Å². The van der Waals surface area contributed by atoms with Gasteiger partial charge in [-0.25, -0.2) is 4.79 Å². The van der Waals surface area contributed by atoms with E-state index in [0.717, 1.165) is 22.0 Å². The summed E-state index contributed by atoms with van der Waals surface area (Å²) >= 11 is 0. The second kappa shape index (κ2) is 10.7. The lowest BCUT2D eigenvalue weighted by molar-refractivity contribution is -0.168. The van der Waals surface area contributed by atoms with Crippen molar-refractivity contribution >= 4 is 34.5 Å². The van der Waals surface area contributed by atoms with Gasteiger partial charge in [-0.05, 0) is 57.9 Å². The lowest BCUT2D eigenvalue weighted by Gasteiger charge is -2.40. The van der Waals surface area contributed by atoms with Crippen molar-refractivity contribution in [3.8, 4) is 0 Å². The number of likely N-dealkylation sites (tertiary alicyclic amines) is 1. The Morgan fingerprint density at radius 2 is 1.85 bits per heavy atom. The zero-order valence-electron chi connectivity index (χ0n) is 22.9. The van der Waals surface area contributed by atoms with Crippen LogP contribution in [0.25, 0.3) is 10.9 Å². The van der Waals surface area contributed by atoms with Crippen LogP contribution in [0.3, 0.4) is 0 Å². The van der Waals surface area contributed by atoms with Crippen LogP contribution in [0.4, 0.5) is 10.5 Å². The van der Waals surface area contributed by atoms with Crippen LogP contribution < -0.4 is 5.32 Å². The zero-order valence-corrected chi connectivity index (χ0v) is 22.9. The number of aromatic amines is 1. The number of aromatic nitrogens is 1. The largest absolute Gasteiger partial charge is 0.444 e. The van der Waals surface area contributed by atoms with Crippen LogP contribution in [-0.2, 0) is 25.5 Å². The molecule has 2 aromatic carbocycles. The van der Waals surface area contributed by atoms with E-state index in [0.29, 0.717) is 31.7 Å². The standard InChI is InChI=1S/C30H36N4O5/c1-19-9-11-21(12-10-19)32-27(35)15-25-28(36)34(14-13-20-16-31-23-8-6-5-7-22(20)23)24-17-33(18-26(24)38-25)29(37)39-30(2,3)4/h5-12,16,24-26,31H,13-15,17-18H2,1-4H3,(H,32,35). The Morgan fingerprint density at radius 3 is 2.59 bits per heavy atom. The monoisotopic (exact) mass is 532 g/mol. The van der Waals surface area contributed by atoms with Gasteiger partial charge in [0.1, 0.15) is 11.7 Å². The number of nitrogens with zero attached hydrogens (tertiary/aromatic N) is 2. The summed E-state index contributed by atoms with van der Waals surface area (Å²) in [5.41, 5.74) is 3.28. The number of ether oxygens (including phenoxy) is 2. The first-order chi connectivity index (χ1) is 18.6. The molecule has 9 nitrogen and oxygen atoms in total. The first kappa shape index (κ1) is 26.7. The predicted molar refractivity (Wildman–Crippen MR) is 148 cm³/mol. The molecule has 0 saturated carbocycles. The molecule has 2 aliphatic heterocycles. The molecule has 3 heterocycles. The molecular formula is C30H36N4O5. The highest BCUT2D eigenvalue weighted by Gasteiger charge is 2.49. The van der Waals surface area contributed by atoms with Crippen molar-refractivity contribution in [2.75, 3.05) is 25.0 Å². The summed E-state index contributed by atoms with van der Waals surface area (Å²) < 4.78 is 11.8. The quantitative estimate of drug-likeness (QED) is 0.494. The third kappa shape index (κ3) is 6.09. The second-order valence-electron chi connectivity index (χ2n) is 11.4. The lowest BCUT2D eigenvalue weighted by atomic mass is 10.0. The first-order valence-electron chi connectivity index (χ1n) is 13.4. The number of hydrogen-bond acceptors (Lipinski definition) is 5. The molecule has 39 heavy (non-hydrogen) atoms. The predicted octanol–water partition coefficient (Wildman–Crippen LogP) is 4.26. The van der Waals surface area contributed by atoms with Gasteiger partial charge in [-0.15, -0.1) is 0 Å². The van der Waals surface area contributed by atoms with Crippen LogP contribution in [0.1, 0.15) is 38.3 Å². The first-order valence-corrected chi connectivity index (χ1v) is 13.4. The van der Waals surface area contributed by atoms with Gasteiger partial charge in [-0.3, -0.25) is 9.59 Å². The van der Waals surface area contributed by atoms with Crippen LogP contribution >= 0.6 is 0 Å². The summed E-state index contributed by atoms with van der Waals surface area (Å²) in [5.74, 6) is -0.532. The molecule has 3 amide bonds. The summed E-state index contributed by atoms with van der Waals surface area (Å²) in [5, 5.41) is 3.98. The Hall–Kier alpha value is -3.85. The third-order valence-corrected chi connectivity index (χ3v) is 7.19. The van der Waals surface area contributed by atoms with Gasteiger partial charge < -0.3 is 29.6 Å². The molecule has 5 rings (SSSR count).